The van der Waals surface area contributed by atoms with Crippen LogP contribution in [0.5, 0.6) is 5.75 Å². The third kappa shape index (κ3) is 3.41. The zero-order valence-electron chi connectivity index (χ0n) is 17.7. The molecule has 30 heavy (non-hydrogen) atoms. The van der Waals surface area contributed by atoms with Crippen LogP contribution < -0.4 is 10.4 Å². The number of aromatic amines is 1. The quantitative estimate of drug-likeness (QED) is 0.551. The van der Waals surface area contributed by atoms with Crippen molar-refractivity contribution in [2.75, 3.05) is 0 Å². The van der Waals surface area contributed by atoms with Gasteiger partial charge in [-0.15, -0.1) is 0 Å². The van der Waals surface area contributed by atoms with Crippen molar-refractivity contribution in [2.45, 2.75) is 41.2 Å². The maximum Gasteiger partial charge on any atom is 0.388 e. The zero-order valence-corrected chi connectivity index (χ0v) is 17.7. The monoisotopic (exact) mass is 404 g/mol. The van der Waals surface area contributed by atoms with Crippen LogP contribution in [-0.4, -0.2) is 30.0 Å². The van der Waals surface area contributed by atoms with Gasteiger partial charge in [0.05, 0.1) is 17.1 Å². The van der Waals surface area contributed by atoms with Gasteiger partial charge in [-0.2, -0.15) is 15.0 Å². The van der Waals surface area contributed by atoms with E-state index in [2.05, 4.69) is 40.5 Å². The topological polar surface area (TPSA) is 90.6 Å². The molecule has 0 saturated carbocycles. The van der Waals surface area contributed by atoms with Crippen LogP contribution in [0, 0.1) is 34.6 Å². The first-order valence-electron chi connectivity index (χ1n) is 9.72. The minimum absolute atomic E-state index is 0.312. The van der Waals surface area contributed by atoms with Crippen LogP contribution in [0.4, 0.5) is 0 Å². The van der Waals surface area contributed by atoms with Crippen molar-refractivity contribution in [3.8, 4) is 17.1 Å². The van der Waals surface area contributed by atoms with Gasteiger partial charge in [-0.25, -0.2) is 9.48 Å². The molecule has 0 spiro atoms. The van der Waals surface area contributed by atoms with Gasteiger partial charge in [0.15, 0.2) is 0 Å². The van der Waals surface area contributed by atoms with Gasteiger partial charge in [0.1, 0.15) is 12.4 Å². The second kappa shape index (κ2) is 7.62. The van der Waals surface area contributed by atoms with Crippen molar-refractivity contribution < 1.29 is 4.74 Å². The first-order valence-corrected chi connectivity index (χ1v) is 9.72. The number of aryl methyl sites for hydroxylation is 3. The fraction of sp³-hybridized carbons (Fsp3) is 0.273. The second-order valence-electron chi connectivity index (χ2n) is 7.44. The normalized spacial score (nSPS) is 11.1. The van der Waals surface area contributed by atoms with Crippen molar-refractivity contribution in [1.82, 2.24) is 30.0 Å². The van der Waals surface area contributed by atoms with Gasteiger partial charge in [-0.3, -0.25) is 0 Å². The van der Waals surface area contributed by atoms with E-state index in [0.717, 1.165) is 39.5 Å². The second-order valence-corrected chi connectivity index (χ2v) is 7.44. The van der Waals surface area contributed by atoms with E-state index in [1.54, 1.807) is 0 Å². The molecular weight excluding hydrogens is 380 g/mol. The molecule has 8 heteroatoms. The summed E-state index contributed by atoms with van der Waals surface area (Å²) in [5, 5.41) is 14.3. The van der Waals surface area contributed by atoms with Crippen molar-refractivity contribution in [1.29, 1.82) is 0 Å². The molecule has 0 unspecified atom stereocenters. The van der Waals surface area contributed by atoms with Crippen LogP contribution in [0.2, 0.25) is 0 Å². The molecule has 0 fully saturated rings. The molecule has 0 aliphatic rings. The van der Waals surface area contributed by atoms with Crippen molar-refractivity contribution in [3.05, 3.63) is 80.5 Å². The Morgan fingerprint density at radius 1 is 1.03 bits per heavy atom. The highest BCUT2D eigenvalue weighted by Gasteiger charge is 2.14. The van der Waals surface area contributed by atoms with Crippen LogP contribution in [-0.2, 0) is 6.61 Å². The summed E-state index contributed by atoms with van der Waals surface area (Å²) in [6, 6.07) is 11.7. The number of benzene rings is 2. The molecule has 0 amide bonds. The van der Waals surface area contributed by atoms with E-state index in [0.29, 0.717) is 12.3 Å². The number of tetrazole rings is 1. The summed E-state index contributed by atoms with van der Waals surface area (Å²) in [6.07, 6.45) is 0. The Morgan fingerprint density at radius 3 is 2.47 bits per heavy atom. The number of nitrogens with one attached hydrogen (secondary N) is 1. The zero-order chi connectivity index (χ0) is 21.4. The number of hydrogen-bond acceptors (Lipinski definition) is 5. The van der Waals surface area contributed by atoms with Crippen LogP contribution in [0.25, 0.3) is 11.4 Å². The Kier molecular flexibility index (Phi) is 4.99. The minimum Gasteiger partial charge on any atom is -0.489 e. The number of H-pyrrole nitrogens is 1. The first-order chi connectivity index (χ1) is 14.4. The minimum atomic E-state index is -0.456. The lowest BCUT2D eigenvalue weighted by molar-refractivity contribution is 0.302. The van der Waals surface area contributed by atoms with Gasteiger partial charge in [-0.1, -0.05) is 17.2 Å². The van der Waals surface area contributed by atoms with Gasteiger partial charge in [0, 0.05) is 11.3 Å². The van der Waals surface area contributed by atoms with Crippen LogP contribution in [0.3, 0.4) is 0 Å². The van der Waals surface area contributed by atoms with Crippen molar-refractivity contribution in [2.24, 2.45) is 0 Å². The summed E-state index contributed by atoms with van der Waals surface area (Å²) in [5.74, 6) is 0.779. The van der Waals surface area contributed by atoms with Crippen molar-refractivity contribution >= 4 is 0 Å². The van der Waals surface area contributed by atoms with Gasteiger partial charge in [-0.05, 0) is 80.8 Å². The molecule has 0 bridgehead atoms. The van der Waals surface area contributed by atoms with Crippen LogP contribution in [0.1, 0.15) is 33.6 Å². The van der Waals surface area contributed by atoms with Crippen molar-refractivity contribution in [3.63, 3.8) is 0 Å². The van der Waals surface area contributed by atoms with E-state index in [4.69, 9.17) is 4.74 Å². The number of ether oxygens (including phenoxy) is 1. The summed E-state index contributed by atoms with van der Waals surface area (Å²) < 4.78 is 9.40. The summed E-state index contributed by atoms with van der Waals surface area (Å²) in [4.78, 5) is 11.9. The lowest BCUT2D eigenvalue weighted by Crippen LogP contribution is -2.18. The maximum absolute atomic E-state index is 11.9. The van der Waals surface area contributed by atoms with E-state index in [1.165, 1.54) is 10.2 Å². The molecule has 2 heterocycles. The highest BCUT2D eigenvalue weighted by Crippen LogP contribution is 2.26. The molecule has 0 atom stereocenters. The molecule has 4 aromatic rings. The smallest absolute Gasteiger partial charge is 0.388 e. The summed E-state index contributed by atoms with van der Waals surface area (Å²) >= 11 is 0. The van der Waals surface area contributed by atoms with Gasteiger partial charge in [0.25, 0.3) is 0 Å². The molecule has 2 aromatic carbocycles. The molecule has 2 aromatic heterocycles. The number of rotatable bonds is 5. The van der Waals surface area contributed by atoms with Gasteiger partial charge < -0.3 is 4.74 Å². The molecule has 0 radical (unpaired) electrons. The molecule has 1 N–H and O–H groups in total. The Balaban J connectivity index is 1.62. The SMILES string of the molecule is Cc1cc(-n2nc(C)c(C)c2C)ccc1OCc1c(C)cccc1-n1[nH]nnc1=O. The lowest BCUT2D eigenvalue weighted by atomic mass is 10.1. The molecule has 0 aliphatic carbocycles. The Labute approximate surface area is 174 Å². The van der Waals surface area contributed by atoms with Gasteiger partial charge in [0.2, 0.25) is 0 Å². The Hall–Kier alpha value is -3.68. The van der Waals surface area contributed by atoms with E-state index in [-0.39, 0.29) is 0 Å². The molecule has 0 aliphatic heterocycles. The van der Waals surface area contributed by atoms with Crippen LogP contribution >= 0.6 is 0 Å². The average molecular weight is 404 g/mol. The predicted molar refractivity (Wildman–Crippen MR) is 114 cm³/mol. The van der Waals surface area contributed by atoms with Crippen LogP contribution in [0.15, 0.2) is 41.2 Å². The third-order valence-electron chi connectivity index (χ3n) is 5.53. The van der Waals surface area contributed by atoms with E-state index >= 15 is 0 Å². The molecule has 4 rings (SSSR count). The Morgan fingerprint density at radius 2 is 1.83 bits per heavy atom. The highest BCUT2D eigenvalue weighted by atomic mass is 16.5. The summed E-state index contributed by atoms with van der Waals surface area (Å²) in [6.45, 7) is 10.5. The summed E-state index contributed by atoms with van der Waals surface area (Å²) in [5.41, 5.74) is 7.49. The third-order valence-corrected chi connectivity index (χ3v) is 5.53. The standard InChI is InChI=1S/C22H24N6O2/c1-13-7-6-8-20(28-22(29)23-25-26-28)19(13)12-30-21-10-9-18(11-14(21)2)27-17(5)15(3)16(4)24-27/h6-11H,12H2,1-5H3,(H,23,26,29). The fourth-order valence-electron chi connectivity index (χ4n) is 3.49. The van der Waals surface area contributed by atoms with E-state index in [9.17, 15) is 4.79 Å². The fourth-order valence-corrected chi connectivity index (χ4v) is 3.49. The largest absolute Gasteiger partial charge is 0.489 e. The molecular formula is C22H24N6O2. The lowest BCUT2D eigenvalue weighted by Gasteiger charge is -2.15. The van der Waals surface area contributed by atoms with Gasteiger partial charge >= 0.3 is 5.69 Å². The highest BCUT2D eigenvalue weighted by molar-refractivity contribution is 5.47. The predicted octanol–water partition coefficient (Wildman–Crippen LogP) is 3.26. The number of hydrogen-bond donors (Lipinski definition) is 1. The average Bonchev–Trinajstić information content (AvgIpc) is 3.26. The first kappa shape index (κ1) is 19.6. The van der Waals surface area contributed by atoms with E-state index < -0.39 is 5.69 Å². The summed E-state index contributed by atoms with van der Waals surface area (Å²) in [7, 11) is 0. The van der Waals surface area contributed by atoms with E-state index in [1.807, 2.05) is 55.8 Å². The molecule has 154 valence electrons. The Bertz CT molecular complexity index is 1280. The molecule has 0 saturated heterocycles. The number of nitrogens with zero attached hydrogens (tertiary/aromatic N) is 5. The number of aromatic nitrogens is 6. The molecule has 8 nitrogen and oxygen atoms in total. The maximum atomic E-state index is 11.9.